The molecule has 0 bridgehead atoms. The summed E-state index contributed by atoms with van der Waals surface area (Å²) in [4.78, 5) is 19.1. The Kier molecular flexibility index (Phi) is 5.69. The number of amides is 1. The average molecular weight is 412 g/mol. The fourth-order valence-electron chi connectivity index (χ4n) is 3.97. The predicted octanol–water partition coefficient (Wildman–Crippen LogP) is 3.50. The molecule has 7 heteroatoms. The van der Waals surface area contributed by atoms with Crippen LogP contribution in [0.3, 0.4) is 0 Å². The molecule has 3 aromatic rings. The number of carbonyl (C=O) groups excluding carboxylic acids is 1. The molecule has 0 saturated carbocycles. The van der Waals surface area contributed by atoms with Crippen LogP contribution >= 0.6 is 11.3 Å². The van der Waals surface area contributed by atoms with E-state index in [0.29, 0.717) is 17.7 Å². The number of benzene rings is 1. The minimum Gasteiger partial charge on any atom is -0.343 e. The molecule has 1 unspecified atom stereocenters. The lowest BCUT2D eigenvalue weighted by Gasteiger charge is -2.24. The lowest BCUT2D eigenvalue weighted by molar-refractivity contribution is 0.0819. The molecule has 0 spiro atoms. The van der Waals surface area contributed by atoms with Crippen molar-refractivity contribution >= 4 is 27.5 Å². The van der Waals surface area contributed by atoms with E-state index in [4.69, 9.17) is 10.1 Å². The van der Waals surface area contributed by atoms with Gasteiger partial charge in [0, 0.05) is 44.5 Å². The van der Waals surface area contributed by atoms with Crippen LogP contribution in [0.2, 0.25) is 0 Å². The molecule has 0 saturated heterocycles. The van der Waals surface area contributed by atoms with Crippen LogP contribution in [0.4, 0.5) is 0 Å². The first-order valence-corrected chi connectivity index (χ1v) is 11.1. The molecule has 1 aliphatic rings. The highest BCUT2D eigenvalue weighted by molar-refractivity contribution is 7.18. The molecular weight excluding hydrogens is 382 g/mol. The maximum absolute atomic E-state index is 12.7. The van der Waals surface area contributed by atoms with E-state index in [1.807, 2.05) is 6.07 Å². The van der Waals surface area contributed by atoms with Crippen molar-refractivity contribution in [2.75, 3.05) is 14.1 Å². The first-order valence-electron chi connectivity index (χ1n) is 10.3. The number of hydrogen-bond acceptors (Lipinski definition) is 5. The minimum absolute atomic E-state index is 0.00409. The quantitative estimate of drug-likeness (QED) is 0.674. The zero-order chi connectivity index (χ0) is 20.5. The van der Waals surface area contributed by atoms with E-state index in [9.17, 15) is 4.79 Å². The Morgan fingerprint density at radius 3 is 2.86 bits per heavy atom. The largest absolute Gasteiger partial charge is 0.343 e. The maximum atomic E-state index is 12.7. The number of hydrogen-bond donors (Lipinski definition) is 1. The first kappa shape index (κ1) is 20.0. The van der Waals surface area contributed by atoms with Crippen LogP contribution in [0, 0.1) is 5.92 Å². The number of nitrogens with zero attached hydrogens (tertiary/aromatic N) is 4. The van der Waals surface area contributed by atoms with Gasteiger partial charge in [-0.2, -0.15) is 5.10 Å². The van der Waals surface area contributed by atoms with Crippen molar-refractivity contribution in [1.82, 2.24) is 25.0 Å². The van der Waals surface area contributed by atoms with Gasteiger partial charge in [0.15, 0.2) is 5.69 Å². The van der Waals surface area contributed by atoms with Crippen molar-refractivity contribution in [3.8, 4) is 0 Å². The number of nitrogens with one attached hydrogen (secondary N) is 1. The van der Waals surface area contributed by atoms with Gasteiger partial charge in [-0.1, -0.05) is 26.0 Å². The maximum Gasteiger partial charge on any atom is 0.274 e. The summed E-state index contributed by atoms with van der Waals surface area (Å²) in [5.74, 6) is 0.492. The topological polar surface area (TPSA) is 63.1 Å². The second-order valence-corrected chi connectivity index (χ2v) is 9.56. The third-order valence-electron chi connectivity index (χ3n) is 5.37. The van der Waals surface area contributed by atoms with E-state index in [2.05, 4.69) is 42.0 Å². The highest BCUT2D eigenvalue weighted by atomic mass is 32.1. The third kappa shape index (κ3) is 4.21. The smallest absolute Gasteiger partial charge is 0.274 e. The van der Waals surface area contributed by atoms with Crippen LogP contribution in [0.25, 0.3) is 10.2 Å². The Balaban J connectivity index is 1.51. The fraction of sp³-hybridized carbons (Fsp3) is 0.500. The summed E-state index contributed by atoms with van der Waals surface area (Å²) in [7, 11) is 3.59. The number of rotatable bonds is 6. The minimum atomic E-state index is -0.00409. The Morgan fingerprint density at radius 1 is 1.34 bits per heavy atom. The molecule has 1 aromatic carbocycles. The Labute approximate surface area is 175 Å². The van der Waals surface area contributed by atoms with Crippen LogP contribution in [0.5, 0.6) is 0 Å². The summed E-state index contributed by atoms with van der Waals surface area (Å²) in [5, 5.41) is 9.50. The molecule has 6 nitrogen and oxygen atoms in total. The van der Waals surface area contributed by atoms with E-state index in [1.165, 1.54) is 10.4 Å². The summed E-state index contributed by atoms with van der Waals surface area (Å²) in [6.07, 6.45) is 2.85. The van der Waals surface area contributed by atoms with Gasteiger partial charge < -0.3 is 10.2 Å². The lowest BCUT2D eigenvalue weighted by atomic mass is 9.91. The van der Waals surface area contributed by atoms with Crippen LogP contribution in [-0.4, -0.2) is 45.7 Å². The molecule has 0 aliphatic heterocycles. The molecule has 2 aromatic heterocycles. The monoisotopic (exact) mass is 411 g/mol. The highest BCUT2D eigenvalue weighted by Crippen LogP contribution is 2.27. The normalized spacial score (nSPS) is 16.4. The molecule has 0 radical (unpaired) electrons. The Bertz CT molecular complexity index is 987. The summed E-state index contributed by atoms with van der Waals surface area (Å²) in [6.45, 7) is 5.99. The lowest BCUT2D eigenvalue weighted by Crippen LogP contribution is -2.35. The molecule has 1 atom stereocenters. The summed E-state index contributed by atoms with van der Waals surface area (Å²) < 4.78 is 3.30. The van der Waals surface area contributed by atoms with Crippen LogP contribution in [0.1, 0.15) is 47.0 Å². The van der Waals surface area contributed by atoms with E-state index in [0.717, 1.165) is 48.4 Å². The predicted molar refractivity (Wildman–Crippen MR) is 117 cm³/mol. The van der Waals surface area contributed by atoms with Gasteiger partial charge in [0.2, 0.25) is 0 Å². The van der Waals surface area contributed by atoms with E-state index >= 15 is 0 Å². The number of para-hydroxylation sites is 1. The fourth-order valence-corrected chi connectivity index (χ4v) is 4.89. The zero-order valence-corrected chi connectivity index (χ0v) is 18.4. The van der Waals surface area contributed by atoms with Gasteiger partial charge in [-0.05, 0) is 37.3 Å². The Hall–Kier alpha value is -2.25. The van der Waals surface area contributed by atoms with Crippen LogP contribution in [0.15, 0.2) is 24.3 Å². The van der Waals surface area contributed by atoms with E-state index < -0.39 is 0 Å². The second-order valence-electron chi connectivity index (χ2n) is 8.45. The molecule has 0 fully saturated rings. The van der Waals surface area contributed by atoms with Crippen molar-refractivity contribution in [2.45, 2.75) is 52.2 Å². The number of thiazole rings is 1. The van der Waals surface area contributed by atoms with Crippen LogP contribution in [-0.2, 0) is 25.9 Å². The standard InChI is InChI=1S/C22H29N5OS/c1-14(2)13-27-18-10-9-15(11-16(18)21(25-27)22(28)26(3)4)23-12-20-24-17-7-5-6-8-19(17)29-20/h5-8,14-15,23H,9-13H2,1-4H3. The number of fused-ring (bicyclic) bond motifs is 2. The molecule has 29 heavy (non-hydrogen) atoms. The van der Waals surface area contributed by atoms with E-state index in [-0.39, 0.29) is 5.91 Å². The summed E-state index contributed by atoms with van der Waals surface area (Å²) in [5.41, 5.74) is 4.05. The van der Waals surface area contributed by atoms with Crippen LogP contribution < -0.4 is 5.32 Å². The van der Waals surface area contributed by atoms with Crippen molar-refractivity contribution in [1.29, 1.82) is 0 Å². The van der Waals surface area contributed by atoms with Gasteiger partial charge in [-0.3, -0.25) is 9.48 Å². The first-order chi connectivity index (χ1) is 13.9. The third-order valence-corrected chi connectivity index (χ3v) is 6.41. The van der Waals surface area contributed by atoms with Gasteiger partial charge in [0.25, 0.3) is 5.91 Å². The van der Waals surface area contributed by atoms with Gasteiger partial charge >= 0.3 is 0 Å². The molecule has 1 aliphatic carbocycles. The molecule has 1 amide bonds. The van der Waals surface area contributed by atoms with Crippen molar-refractivity contribution in [3.05, 3.63) is 46.2 Å². The SMILES string of the molecule is CC(C)Cn1nc(C(=O)N(C)C)c2c1CCC(NCc1nc3ccccc3s1)C2. The van der Waals surface area contributed by atoms with Gasteiger partial charge in [0.1, 0.15) is 5.01 Å². The summed E-state index contributed by atoms with van der Waals surface area (Å²) in [6, 6.07) is 8.59. The van der Waals surface area contributed by atoms with Crippen molar-refractivity contribution in [2.24, 2.45) is 5.92 Å². The molecule has 2 heterocycles. The van der Waals surface area contributed by atoms with Gasteiger partial charge in [0.05, 0.1) is 10.2 Å². The highest BCUT2D eigenvalue weighted by Gasteiger charge is 2.30. The molecular formula is C22H29N5OS. The van der Waals surface area contributed by atoms with Crippen molar-refractivity contribution < 1.29 is 4.79 Å². The molecule has 154 valence electrons. The zero-order valence-electron chi connectivity index (χ0n) is 17.6. The van der Waals surface area contributed by atoms with E-state index in [1.54, 1.807) is 30.3 Å². The summed E-state index contributed by atoms with van der Waals surface area (Å²) >= 11 is 1.74. The van der Waals surface area contributed by atoms with Gasteiger partial charge in [-0.25, -0.2) is 4.98 Å². The van der Waals surface area contributed by atoms with Crippen molar-refractivity contribution in [3.63, 3.8) is 0 Å². The second kappa shape index (κ2) is 8.24. The molecule has 4 rings (SSSR count). The average Bonchev–Trinajstić information content (AvgIpc) is 3.26. The number of aromatic nitrogens is 3. The number of carbonyl (C=O) groups is 1. The Morgan fingerprint density at radius 2 is 2.14 bits per heavy atom. The molecule has 1 N–H and O–H groups in total. The van der Waals surface area contributed by atoms with Gasteiger partial charge in [-0.15, -0.1) is 11.3 Å².